The standard InChI is InChI=1S/C65H114O6/c1-4-7-10-13-16-19-22-24-25-26-27-28-29-30-31-32-33-34-35-36-37-38-39-40-41-42-44-46-49-52-55-58-64(67)70-61-62(60-69-63(66)57-54-51-48-45-21-18-15-12-9-6-3)71-65(68)59-56-53-50-47-43-23-20-17-14-11-8-5-2/h7,10,12,15-17,19-20,24-25,27-28,62H,4-6,8-9,11,13-14,18,21-23,26,29-61H2,1-3H3/b10-7-,15-12-,19-16-,20-17-,25-24-,28-27-. The first-order valence-corrected chi connectivity index (χ1v) is 30.4. The highest BCUT2D eigenvalue weighted by Crippen LogP contribution is 2.17. The Morgan fingerprint density at radius 1 is 0.296 bits per heavy atom. The summed E-state index contributed by atoms with van der Waals surface area (Å²) in [6.07, 6.45) is 76.4. The molecule has 0 aromatic heterocycles. The van der Waals surface area contributed by atoms with Crippen LogP contribution in [0, 0.1) is 0 Å². The predicted octanol–water partition coefficient (Wildman–Crippen LogP) is 20.5. The summed E-state index contributed by atoms with van der Waals surface area (Å²) in [5.74, 6) is -0.889. The van der Waals surface area contributed by atoms with Gasteiger partial charge in [-0.1, -0.05) is 254 Å². The highest BCUT2D eigenvalue weighted by Gasteiger charge is 2.19. The van der Waals surface area contributed by atoms with Gasteiger partial charge in [-0.15, -0.1) is 0 Å². The van der Waals surface area contributed by atoms with Crippen molar-refractivity contribution in [2.75, 3.05) is 13.2 Å². The summed E-state index contributed by atoms with van der Waals surface area (Å²) in [4.78, 5) is 38.0. The van der Waals surface area contributed by atoms with Crippen molar-refractivity contribution >= 4 is 17.9 Å². The Labute approximate surface area is 440 Å². The van der Waals surface area contributed by atoms with Crippen LogP contribution < -0.4 is 0 Å². The van der Waals surface area contributed by atoms with Gasteiger partial charge < -0.3 is 14.2 Å². The molecule has 0 saturated carbocycles. The number of esters is 3. The Morgan fingerprint density at radius 2 is 0.577 bits per heavy atom. The van der Waals surface area contributed by atoms with Crippen LogP contribution in [0.2, 0.25) is 0 Å². The van der Waals surface area contributed by atoms with Crippen LogP contribution in [-0.4, -0.2) is 37.2 Å². The van der Waals surface area contributed by atoms with Gasteiger partial charge in [-0.05, 0) is 103 Å². The molecule has 410 valence electrons. The van der Waals surface area contributed by atoms with Gasteiger partial charge in [0.2, 0.25) is 0 Å². The molecule has 0 spiro atoms. The van der Waals surface area contributed by atoms with E-state index in [9.17, 15) is 14.4 Å². The number of carbonyl (C=O) groups is 3. The fraction of sp³-hybridized carbons (Fsp3) is 0.769. The van der Waals surface area contributed by atoms with Crippen LogP contribution in [0.5, 0.6) is 0 Å². The number of rotatable bonds is 55. The molecule has 1 unspecified atom stereocenters. The fourth-order valence-corrected chi connectivity index (χ4v) is 8.61. The minimum Gasteiger partial charge on any atom is -0.462 e. The maximum Gasteiger partial charge on any atom is 0.306 e. The molecule has 0 fully saturated rings. The molecule has 0 rings (SSSR count). The van der Waals surface area contributed by atoms with Crippen molar-refractivity contribution in [1.29, 1.82) is 0 Å². The molecule has 6 heteroatoms. The van der Waals surface area contributed by atoms with E-state index in [1.165, 1.54) is 154 Å². The van der Waals surface area contributed by atoms with E-state index < -0.39 is 6.10 Å². The maximum absolute atomic E-state index is 12.8. The van der Waals surface area contributed by atoms with Crippen LogP contribution in [0.1, 0.15) is 303 Å². The van der Waals surface area contributed by atoms with Gasteiger partial charge in [0.25, 0.3) is 0 Å². The normalized spacial score (nSPS) is 12.5. The van der Waals surface area contributed by atoms with Gasteiger partial charge in [0.1, 0.15) is 13.2 Å². The molecule has 0 aliphatic carbocycles. The molecule has 0 heterocycles. The Bertz CT molecular complexity index is 1320. The first-order chi connectivity index (χ1) is 35.0. The average molecular weight is 992 g/mol. The molecule has 0 aromatic carbocycles. The highest BCUT2D eigenvalue weighted by molar-refractivity contribution is 5.71. The van der Waals surface area contributed by atoms with E-state index >= 15 is 0 Å². The second-order valence-electron chi connectivity index (χ2n) is 20.2. The van der Waals surface area contributed by atoms with Crippen LogP contribution in [0.4, 0.5) is 0 Å². The van der Waals surface area contributed by atoms with Gasteiger partial charge in [-0.3, -0.25) is 14.4 Å². The molecule has 0 bridgehead atoms. The lowest BCUT2D eigenvalue weighted by Crippen LogP contribution is -2.30. The first-order valence-electron chi connectivity index (χ1n) is 30.4. The molecular weight excluding hydrogens is 877 g/mol. The lowest BCUT2D eigenvalue weighted by atomic mass is 10.0. The molecule has 0 radical (unpaired) electrons. The van der Waals surface area contributed by atoms with Gasteiger partial charge in [0.05, 0.1) is 0 Å². The number of hydrogen-bond donors (Lipinski definition) is 0. The molecule has 1 atom stereocenters. The van der Waals surface area contributed by atoms with Crippen molar-refractivity contribution in [3.8, 4) is 0 Å². The summed E-state index contributed by atoms with van der Waals surface area (Å²) in [7, 11) is 0. The SMILES string of the molecule is CC/C=C\C/C=C\C/C=C\C/C=C\CCCCCCCCCCCCCCCCCCCCC(=O)OCC(COC(=O)CCCCCCC/C=C\CCC)OC(=O)CCCCCCC/C=C\CCCCC. The Morgan fingerprint density at radius 3 is 0.930 bits per heavy atom. The van der Waals surface area contributed by atoms with E-state index in [1.54, 1.807) is 0 Å². The summed E-state index contributed by atoms with van der Waals surface area (Å²) in [6, 6.07) is 0. The topological polar surface area (TPSA) is 78.9 Å². The molecule has 0 saturated heterocycles. The van der Waals surface area contributed by atoms with Gasteiger partial charge in [0, 0.05) is 19.3 Å². The molecule has 0 aromatic rings. The van der Waals surface area contributed by atoms with Crippen LogP contribution in [0.3, 0.4) is 0 Å². The van der Waals surface area contributed by atoms with E-state index in [-0.39, 0.29) is 31.1 Å². The number of allylic oxidation sites excluding steroid dienone is 12. The molecule has 0 aliphatic rings. The number of carbonyl (C=O) groups excluding carboxylic acids is 3. The minimum atomic E-state index is -0.779. The van der Waals surface area contributed by atoms with Crippen molar-refractivity contribution < 1.29 is 28.6 Å². The van der Waals surface area contributed by atoms with Crippen molar-refractivity contribution in [2.24, 2.45) is 0 Å². The summed E-state index contributed by atoms with van der Waals surface area (Å²) >= 11 is 0. The number of hydrogen-bond acceptors (Lipinski definition) is 6. The smallest absolute Gasteiger partial charge is 0.306 e. The zero-order valence-electron chi connectivity index (χ0n) is 47.0. The summed E-state index contributed by atoms with van der Waals surface area (Å²) in [5, 5.41) is 0. The van der Waals surface area contributed by atoms with Gasteiger partial charge >= 0.3 is 17.9 Å². The third-order valence-electron chi connectivity index (χ3n) is 13.1. The Balaban J connectivity index is 4.06. The van der Waals surface area contributed by atoms with Gasteiger partial charge in [-0.25, -0.2) is 0 Å². The third kappa shape index (κ3) is 57.6. The zero-order chi connectivity index (χ0) is 51.4. The van der Waals surface area contributed by atoms with Crippen molar-refractivity contribution in [3.05, 3.63) is 72.9 Å². The molecule has 0 aliphatic heterocycles. The summed E-state index contributed by atoms with van der Waals surface area (Å²) < 4.78 is 16.8. The largest absolute Gasteiger partial charge is 0.462 e. The second-order valence-corrected chi connectivity index (χ2v) is 20.2. The fourth-order valence-electron chi connectivity index (χ4n) is 8.61. The zero-order valence-corrected chi connectivity index (χ0v) is 47.0. The van der Waals surface area contributed by atoms with E-state index in [0.29, 0.717) is 19.3 Å². The molecule has 71 heavy (non-hydrogen) atoms. The lowest BCUT2D eigenvalue weighted by Gasteiger charge is -2.18. The molecule has 0 amide bonds. The van der Waals surface area contributed by atoms with Crippen LogP contribution >= 0.6 is 0 Å². The first kappa shape index (κ1) is 67.8. The summed E-state index contributed by atoms with van der Waals surface area (Å²) in [5.41, 5.74) is 0. The number of unbranched alkanes of at least 4 members (excludes halogenated alkanes) is 32. The van der Waals surface area contributed by atoms with E-state index in [0.717, 1.165) is 109 Å². The van der Waals surface area contributed by atoms with Crippen molar-refractivity contribution in [1.82, 2.24) is 0 Å². The average Bonchev–Trinajstić information content (AvgIpc) is 3.37. The minimum absolute atomic E-state index is 0.0782. The third-order valence-corrected chi connectivity index (χ3v) is 13.1. The molecule has 0 N–H and O–H groups in total. The van der Waals surface area contributed by atoms with Crippen molar-refractivity contribution in [3.63, 3.8) is 0 Å². The van der Waals surface area contributed by atoms with E-state index in [4.69, 9.17) is 14.2 Å². The highest BCUT2D eigenvalue weighted by atomic mass is 16.6. The molecule has 6 nitrogen and oxygen atoms in total. The Kier molecular flexibility index (Phi) is 56.8. The van der Waals surface area contributed by atoms with Gasteiger partial charge in [-0.2, -0.15) is 0 Å². The maximum atomic E-state index is 12.8. The van der Waals surface area contributed by atoms with Crippen molar-refractivity contribution in [2.45, 2.75) is 309 Å². The quantitative estimate of drug-likeness (QED) is 0.0261. The van der Waals surface area contributed by atoms with Gasteiger partial charge in [0.15, 0.2) is 6.10 Å². The lowest BCUT2D eigenvalue weighted by molar-refractivity contribution is -0.167. The summed E-state index contributed by atoms with van der Waals surface area (Å²) in [6.45, 7) is 6.45. The molecular formula is C65H114O6. The number of ether oxygens (including phenoxy) is 3. The van der Waals surface area contributed by atoms with Crippen LogP contribution in [-0.2, 0) is 28.6 Å². The van der Waals surface area contributed by atoms with E-state index in [2.05, 4.69) is 93.7 Å². The second kappa shape index (κ2) is 59.4. The predicted molar refractivity (Wildman–Crippen MR) is 307 cm³/mol. The van der Waals surface area contributed by atoms with Crippen LogP contribution in [0.15, 0.2) is 72.9 Å². The van der Waals surface area contributed by atoms with E-state index in [1.807, 2.05) is 0 Å². The monoisotopic (exact) mass is 991 g/mol. The van der Waals surface area contributed by atoms with Crippen LogP contribution in [0.25, 0.3) is 0 Å². The Hall–Kier alpha value is -3.15.